The van der Waals surface area contributed by atoms with Gasteiger partial charge in [-0.1, -0.05) is 12.1 Å². The third kappa shape index (κ3) is 3.12. The molecule has 1 N–H and O–H groups in total. The van der Waals surface area contributed by atoms with Crippen LogP contribution in [0.2, 0.25) is 0 Å². The number of fused-ring (bicyclic) bond motifs is 2. The Morgan fingerprint density at radius 3 is 2.55 bits per heavy atom. The Kier molecular flexibility index (Phi) is 4.63. The molecule has 0 aliphatic heterocycles. The van der Waals surface area contributed by atoms with Crippen LogP contribution in [-0.4, -0.2) is 40.0 Å². The van der Waals surface area contributed by atoms with Gasteiger partial charge in [-0.25, -0.2) is 14.3 Å². The first-order chi connectivity index (χ1) is 15.8. The molecule has 0 fully saturated rings. The molecule has 4 heterocycles. The summed E-state index contributed by atoms with van der Waals surface area (Å²) in [5.41, 5.74) is 6.02. The summed E-state index contributed by atoms with van der Waals surface area (Å²) in [5, 5.41) is 14.7. The highest BCUT2D eigenvalue weighted by Crippen LogP contribution is 2.32. The number of aromatic nitrogens is 6. The third-order valence-corrected chi connectivity index (χ3v) is 5.99. The van der Waals surface area contributed by atoms with E-state index in [-0.39, 0.29) is 0 Å². The van der Waals surface area contributed by atoms with E-state index >= 15 is 0 Å². The highest BCUT2D eigenvalue weighted by molar-refractivity contribution is 5.95. The van der Waals surface area contributed by atoms with E-state index in [2.05, 4.69) is 15.1 Å². The average molecular weight is 442 g/mol. The largest absolute Gasteiger partial charge is 0.480 e. The molecule has 9 heteroatoms. The summed E-state index contributed by atoms with van der Waals surface area (Å²) < 4.78 is 4.55. The summed E-state index contributed by atoms with van der Waals surface area (Å²) >= 11 is 0. The molecule has 0 saturated heterocycles. The Morgan fingerprint density at radius 1 is 1.03 bits per heavy atom. The number of carboxylic acids is 1. The van der Waals surface area contributed by atoms with Crippen molar-refractivity contribution in [2.24, 2.45) is 7.05 Å². The van der Waals surface area contributed by atoms with Crippen LogP contribution in [0.25, 0.3) is 38.9 Å². The first-order valence-corrected chi connectivity index (χ1v) is 10.4. The van der Waals surface area contributed by atoms with E-state index in [1.165, 1.54) is 9.13 Å². The molecule has 9 nitrogen and oxygen atoms in total. The Hall–Kier alpha value is -4.27. The minimum atomic E-state index is -1.08. The number of pyridine rings is 2. The topological polar surface area (TPSA) is 108 Å². The number of aliphatic carboxylic acids is 1. The van der Waals surface area contributed by atoms with Crippen LogP contribution in [0.15, 0.2) is 47.7 Å². The van der Waals surface area contributed by atoms with E-state index < -0.39 is 18.2 Å². The van der Waals surface area contributed by atoms with E-state index in [0.29, 0.717) is 16.9 Å². The fourth-order valence-corrected chi connectivity index (χ4v) is 4.47. The highest BCUT2D eigenvalue weighted by atomic mass is 16.4. The smallest absolute Gasteiger partial charge is 0.335 e. The van der Waals surface area contributed by atoms with Crippen molar-refractivity contribution in [2.75, 3.05) is 0 Å². The van der Waals surface area contributed by atoms with E-state index in [0.717, 1.165) is 38.9 Å². The zero-order valence-electron chi connectivity index (χ0n) is 18.7. The lowest BCUT2D eigenvalue weighted by Gasteiger charge is -2.12. The van der Waals surface area contributed by atoms with Crippen molar-refractivity contribution >= 4 is 27.9 Å². The normalized spacial score (nSPS) is 11.5. The Labute approximate surface area is 188 Å². The van der Waals surface area contributed by atoms with Gasteiger partial charge in [-0.3, -0.25) is 19.0 Å². The second-order valence-corrected chi connectivity index (χ2v) is 8.19. The van der Waals surface area contributed by atoms with Crippen molar-refractivity contribution in [3.05, 3.63) is 70.2 Å². The predicted octanol–water partition coefficient (Wildman–Crippen LogP) is 3.15. The molecule has 33 heavy (non-hydrogen) atoms. The number of rotatable bonds is 4. The molecule has 0 bridgehead atoms. The summed E-state index contributed by atoms with van der Waals surface area (Å²) in [4.78, 5) is 33.9. The Bertz CT molecular complexity index is 1640. The number of hydrogen-bond acceptors (Lipinski definition) is 5. The zero-order chi connectivity index (χ0) is 23.4. The lowest BCUT2D eigenvalue weighted by Crippen LogP contribution is -2.27. The molecule has 0 unspecified atom stereocenters. The van der Waals surface area contributed by atoms with Crippen molar-refractivity contribution in [1.82, 2.24) is 28.9 Å². The lowest BCUT2D eigenvalue weighted by molar-refractivity contribution is -0.137. The first-order valence-electron chi connectivity index (χ1n) is 10.4. The van der Waals surface area contributed by atoms with Gasteiger partial charge >= 0.3 is 11.7 Å². The van der Waals surface area contributed by atoms with Crippen LogP contribution in [0, 0.1) is 20.8 Å². The lowest BCUT2D eigenvalue weighted by atomic mass is 10.0. The summed E-state index contributed by atoms with van der Waals surface area (Å²) in [5.74, 6) is -0.610. The molecule has 0 aliphatic rings. The van der Waals surface area contributed by atoms with Crippen molar-refractivity contribution in [1.29, 1.82) is 0 Å². The molecule has 0 amide bonds. The second-order valence-electron chi connectivity index (χ2n) is 8.19. The van der Waals surface area contributed by atoms with E-state index in [1.807, 2.05) is 52.2 Å². The van der Waals surface area contributed by atoms with E-state index in [4.69, 9.17) is 0 Å². The number of nitrogens with zero attached hydrogens (tertiary/aromatic N) is 6. The summed E-state index contributed by atoms with van der Waals surface area (Å²) in [6.07, 6.45) is 5.34. The fraction of sp³-hybridized carbons (Fsp3) is 0.208. The molecular formula is C24H22N6O3. The van der Waals surface area contributed by atoms with Gasteiger partial charge in [0.25, 0.3) is 0 Å². The number of imidazole rings is 1. The average Bonchev–Trinajstić information content (AvgIpc) is 3.27. The number of carboxylic acid groups (broad SMARTS) is 1. The Morgan fingerprint density at radius 2 is 1.82 bits per heavy atom. The second kappa shape index (κ2) is 7.40. The summed E-state index contributed by atoms with van der Waals surface area (Å²) in [7, 11) is 1.87. The van der Waals surface area contributed by atoms with Crippen LogP contribution in [0.3, 0.4) is 0 Å². The van der Waals surface area contributed by atoms with Gasteiger partial charge in [0.15, 0.2) is 0 Å². The summed E-state index contributed by atoms with van der Waals surface area (Å²) in [6.45, 7) is 5.31. The van der Waals surface area contributed by atoms with Crippen molar-refractivity contribution in [2.45, 2.75) is 27.3 Å². The van der Waals surface area contributed by atoms with Gasteiger partial charge in [0.2, 0.25) is 0 Å². The minimum absolute atomic E-state index is 0.420. The molecule has 5 rings (SSSR count). The maximum atomic E-state index is 13.3. The van der Waals surface area contributed by atoms with Gasteiger partial charge in [0, 0.05) is 35.5 Å². The van der Waals surface area contributed by atoms with Crippen molar-refractivity contribution < 1.29 is 9.90 Å². The van der Waals surface area contributed by atoms with E-state index in [9.17, 15) is 14.7 Å². The Balaban J connectivity index is 1.75. The van der Waals surface area contributed by atoms with Gasteiger partial charge in [-0.15, -0.1) is 0 Å². The van der Waals surface area contributed by atoms with Gasteiger partial charge in [-0.2, -0.15) is 5.10 Å². The fourth-order valence-electron chi connectivity index (χ4n) is 4.47. The molecule has 166 valence electrons. The standard InChI is InChI=1S/C24H22N6O3/c1-13-6-5-7-18-22(13)30(24(33)29(18)12-20(31)32)23-14(2)8-16(9-26-23)21-15(3)25-11-19-17(21)10-27-28(19)4/h5-11H,12H2,1-4H3,(H,31,32). The third-order valence-electron chi connectivity index (χ3n) is 5.99. The van der Waals surface area contributed by atoms with Gasteiger partial charge < -0.3 is 5.11 Å². The van der Waals surface area contributed by atoms with Crippen LogP contribution in [-0.2, 0) is 18.4 Å². The number of para-hydroxylation sites is 1. The number of aryl methyl sites for hydroxylation is 4. The molecule has 0 saturated carbocycles. The molecule has 1 aromatic carbocycles. The zero-order valence-corrected chi connectivity index (χ0v) is 18.7. The number of carbonyl (C=O) groups is 1. The predicted molar refractivity (Wildman–Crippen MR) is 125 cm³/mol. The monoisotopic (exact) mass is 442 g/mol. The van der Waals surface area contributed by atoms with Crippen LogP contribution in [0.4, 0.5) is 0 Å². The van der Waals surface area contributed by atoms with Crippen LogP contribution in [0.5, 0.6) is 0 Å². The van der Waals surface area contributed by atoms with Crippen molar-refractivity contribution in [3.8, 4) is 16.9 Å². The minimum Gasteiger partial charge on any atom is -0.480 e. The molecule has 0 spiro atoms. The summed E-state index contributed by atoms with van der Waals surface area (Å²) in [6, 6.07) is 7.44. The molecule has 4 aromatic heterocycles. The van der Waals surface area contributed by atoms with Gasteiger partial charge in [0.1, 0.15) is 12.4 Å². The quantitative estimate of drug-likeness (QED) is 0.458. The maximum absolute atomic E-state index is 13.3. The first kappa shape index (κ1) is 20.6. The molecule has 0 atom stereocenters. The molecular weight excluding hydrogens is 420 g/mol. The molecule has 5 aromatic rings. The maximum Gasteiger partial charge on any atom is 0.335 e. The number of benzene rings is 1. The van der Waals surface area contributed by atoms with Crippen molar-refractivity contribution in [3.63, 3.8) is 0 Å². The van der Waals surface area contributed by atoms with Crippen LogP contribution >= 0.6 is 0 Å². The SMILES string of the molecule is Cc1cc(-c2c(C)ncc3c2cnn3C)cnc1-n1c(=O)n(CC(=O)O)c2cccc(C)c21. The van der Waals surface area contributed by atoms with Gasteiger partial charge in [0.05, 0.1) is 28.9 Å². The van der Waals surface area contributed by atoms with E-state index in [1.54, 1.807) is 23.1 Å². The van der Waals surface area contributed by atoms with Crippen LogP contribution < -0.4 is 5.69 Å². The molecule has 0 aliphatic carbocycles. The van der Waals surface area contributed by atoms with Gasteiger partial charge in [-0.05, 0) is 44.0 Å². The number of hydrogen-bond donors (Lipinski definition) is 1. The highest BCUT2D eigenvalue weighted by Gasteiger charge is 2.21. The van der Waals surface area contributed by atoms with Crippen LogP contribution in [0.1, 0.15) is 16.8 Å². The molecule has 0 radical (unpaired) electrons.